The molecule has 0 radical (unpaired) electrons. The Balaban J connectivity index is 1.61. The second-order valence-corrected chi connectivity index (χ2v) is 6.08. The number of hydrogen-bond donors (Lipinski definition) is 1. The van der Waals surface area contributed by atoms with E-state index in [9.17, 15) is 9.59 Å². The summed E-state index contributed by atoms with van der Waals surface area (Å²) in [6, 6.07) is 16.8. The fourth-order valence-electron chi connectivity index (χ4n) is 2.84. The van der Waals surface area contributed by atoms with Crippen molar-refractivity contribution in [2.45, 2.75) is 13.0 Å². The lowest BCUT2D eigenvalue weighted by molar-refractivity contribution is -0.136. The fraction of sp³-hybridized carbons (Fsp3) is 0.300. The van der Waals surface area contributed by atoms with Crippen LogP contribution in [0, 0.1) is 0 Å². The van der Waals surface area contributed by atoms with E-state index in [1.807, 2.05) is 42.5 Å². The first kappa shape index (κ1) is 17.2. The molecule has 3 rings (SSSR count). The smallest absolute Gasteiger partial charge is 0.251 e. The number of amides is 2. The molecule has 0 unspecified atom stereocenters. The Labute approximate surface area is 147 Å². The van der Waals surface area contributed by atoms with Crippen molar-refractivity contribution in [3.63, 3.8) is 0 Å². The van der Waals surface area contributed by atoms with Gasteiger partial charge in [0.05, 0.1) is 13.2 Å². The second-order valence-electron chi connectivity index (χ2n) is 6.08. The first-order valence-corrected chi connectivity index (χ1v) is 8.48. The molecule has 0 aliphatic carbocycles. The van der Waals surface area contributed by atoms with Gasteiger partial charge in [0.25, 0.3) is 5.91 Å². The molecule has 2 amide bonds. The quantitative estimate of drug-likeness (QED) is 0.931. The van der Waals surface area contributed by atoms with E-state index >= 15 is 0 Å². The molecular weight excluding hydrogens is 316 g/mol. The predicted octanol–water partition coefficient (Wildman–Crippen LogP) is 2.33. The lowest BCUT2D eigenvalue weighted by Crippen LogP contribution is -2.50. The highest BCUT2D eigenvalue weighted by Gasteiger charge is 2.23. The summed E-state index contributed by atoms with van der Waals surface area (Å²) in [5.74, 6) is -0.314. The van der Waals surface area contributed by atoms with E-state index in [0.29, 0.717) is 31.9 Å². The number of nitrogens with one attached hydrogen (secondary N) is 1. The zero-order valence-electron chi connectivity index (χ0n) is 14.3. The van der Waals surface area contributed by atoms with Crippen LogP contribution in [0.15, 0.2) is 54.6 Å². The van der Waals surface area contributed by atoms with Crippen LogP contribution in [-0.4, -0.2) is 49.1 Å². The molecule has 1 heterocycles. The van der Waals surface area contributed by atoms with E-state index in [2.05, 4.69) is 5.32 Å². The van der Waals surface area contributed by atoms with E-state index in [-0.39, 0.29) is 11.8 Å². The Morgan fingerprint density at radius 3 is 2.20 bits per heavy atom. The summed E-state index contributed by atoms with van der Waals surface area (Å²) in [6.45, 7) is 3.96. The maximum absolute atomic E-state index is 12.4. The summed E-state index contributed by atoms with van der Waals surface area (Å²) in [5.41, 5.74) is 2.70. The van der Waals surface area contributed by atoms with E-state index < -0.39 is 6.04 Å². The highest BCUT2D eigenvalue weighted by Crippen LogP contribution is 2.19. The maximum Gasteiger partial charge on any atom is 0.251 e. The molecule has 5 nitrogen and oxygen atoms in total. The van der Waals surface area contributed by atoms with Crippen molar-refractivity contribution < 1.29 is 14.3 Å². The van der Waals surface area contributed by atoms with Crippen LogP contribution in [0.4, 0.5) is 0 Å². The Bertz CT molecular complexity index is 722. The fourth-order valence-corrected chi connectivity index (χ4v) is 2.84. The molecule has 5 heteroatoms. The molecule has 1 aliphatic heterocycles. The summed E-state index contributed by atoms with van der Waals surface area (Å²) in [6.07, 6.45) is 0. The van der Waals surface area contributed by atoms with Gasteiger partial charge in [0.15, 0.2) is 0 Å². The largest absolute Gasteiger partial charge is 0.378 e. The van der Waals surface area contributed by atoms with Gasteiger partial charge < -0.3 is 15.0 Å². The first-order chi connectivity index (χ1) is 12.1. The van der Waals surface area contributed by atoms with E-state index in [4.69, 9.17) is 4.74 Å². The monoisotopic (exact) mass is 338 g/mol. The molecule has 0 spiro atoms. The van der Waals surface area contributed by atoms with Crippen molar-refractivity contribution in [1.82, 2.24) is 10.2 Å². The zero-order chi connectivity index (χ0) is 17.6. The summed E-state index contributed by atoms with van der Waals surface area (Å²) in [5, 5.41) is 2.78. The molecule has 1 N–H and O–H groups in total. The van der Waals surface area contributed by atoms with Gasteiger partial charge in [-0.25, -0.2) is 0 Å². The lowest BCUT2D eigenvalue weighted by atomic mass is 10.0. The number of morpholine rings is 1. The topological polar surface area (TPSA) is 58.6 Å². The zero-order valence-corrected chi connectivity index (χ0v) is 14.3. The molecule has 1 fully saturated rings. The van der Waals surface area contributed by atoms with Gasteiger partial charge in [0, 0.05) is 18.7 Å². The molecule has 0 bridgehead atoms. The highest BCUT2D eigenvalue weighted by atomic mass is 16.5. The molecule has 0 saturated carbocycles. The van der Waals surface area contributed by atoms with Gasteiger partial charge >= 0.3 is 0 Å². The Hall–Kier alpha value is -2.66. The van der Waals surface area contributed by atoms with Crippen LogP contribution in [-0.2, 0) is 9.53 Å². The van der Waals surface area contributed by atoms with Crippen molar-refractivity contribution in [1.29, 1.82) is 0 Å². The standard InChI is InChI=1S/C20H22N2O3/c1-15(20(24)22-11-13-25-14-12-22)21-19(23)18-9-7-17(8-10-18)16-5-3-2-4-6-16/h2-10,15H,11-14H2,1H3,(H,21,23)/t15-/m0/s1. The number of nitrogens with zero attached hydrogens (tertiary/aromatic N) is 1. The first-order valence-electron chi connectivity index (χ1n) is 8.48. The minimum absolute atomic E-state index is 0.0717. The van der Waals surface area contributed by atoms with Crippen LogP contribution >= 0.6 is 0 Å². The van der Waals surface area contributed by atoms with Crippen molar-refractivity contribution in [3.8, 4) is 11.1 Å². The van der Waals surface area contributed by atoms with Gasteiger partial charge in [-0.1, -0.05) is 42.5 Å². The molecule has 1 saturated heterocycles. The average Bonchev–Trinajstić information content (AvgIpc) is 2.68. The van der Waals surface area contributed by atoms with Crippen molar-refractivity contribution in [3.05, 3.63) is 60.2 Å². The second kappa shape index (κ2) is 7.94. The van der Waals surface area contributed by atoms with Gasteiger partial charge in [0.2, 0.25) is 5.91 Å². The number of ether oxygens (including phenoxy) is 1. The molecule has 130 valence electrons. The van der Waals surface area contributed by atoms with Crippen molar-refractivity contribution in [2.24, 2.45) is 0 Å². The number of carbonyl (C=O) groups excluding carboxylic acids is 2. The van der Waals surface area contributed by atoms with Crippen LogP contribution in [0.5, 0.6) is 0 Å². The summed E-state index contributed by atoms with van der Waals surface area (Å²) >= 11 is 0. The van der Waals surface area contributed by atoms with Gasteiger partial charge in [-0.2, -0.15) is 0 Å². The molecule has 2 aromatic rings. The number of benzene rings is 2. The normalized spacial score (nSPS) is 15.5. The van der Waals surface area contributed by atoms with Crippen LogP contribution in [0.2, 0.25) is 0 Å². The van der Waals surface area contributed by atoms with Gasteiger partial charge in [-0.3, -0.25) is 9.59 Å². The van der Waals surface area contributed by atoms with Crippen LogP contribution < -0.4 is 5.32 Å². The molecule has 25 heavy (non-hydrogen) atoms. The molecular formula is C20H22N2O3. The minimum atomic E-state index is -0.556. The van der Waals surface area contributed by atoms with E-state index in [1.54, 1.807) is 24.0 Å². The van der Waals surface area contributed by atoms with Crippen LogP contribution in [0.3, 0.4) is 0 Å². The molecule has 0 aromatic heterocycles. The lowest BCUT2D eigenvalue weighted by Gasteiger charge is -2.29. The van der Waals surface area contributed by atoms with Gasteiger partial charge in [-0.15, -0.1) is 0 Å². The van der Waals surface area contributed by atoms with E-state index in [0.717, 1.165) is 11.1 Å². The van der Waals surface area contributed by atoms with Crippen LogP contribution in [0.1, 0.15) is 17.3 Å². The number of rotatable bonds is 4. The van der Waals surface area contributed by atoms with Gasteiger partial charge in [0.1, 0.15) is 6.04 Å². The Morgan fingerprint density at radius 2 is 1.56 bits per heavy atom. The van der Waals surface area contributed by atoms with E-state index in [1.165, 1.54) is 0 Å². The number of carbonyl (C=O) groups is 2. The molecule has 1 aliphatic rings. The van der Waals surface area contributed by atoms with Crippen molar-refractivity contribution >= 4 is 11.8 Å². The Morgan fingerprint density at radius 1 is 0.960 bits per heavy atom. The average molecular weight is 338 g/mol. The predicted molar refractivity (Wildman–Crippen MR) is 96.2 cm³/mol. The minimum Gasteiger partial charge on any atom is -0.378 e. The third-order valence-corrected chi connectivity index (χ3v) is 4.29. The summed E-state index contributed by atoms with van der Waals surface area (Å²) in [4.78, 5) is 26.5. The van der Waals surface area contributed by atoms with Gasteiger partial charge in [-0.05, 0) is 30.2 Å². The third-order valence-electron chi connectivity index (χ3n) is 4.29. The molecule has 1 atom stereocenters. The highest BCUT2D eigenvalue weighted by molar-refractivity contribution is 5.97. The molecule has 2 aromatic carbocycles. The Kier molecular flexibility index (Phi) is 5.46. The van der Waals surface area contributed by atoms with Crippen molar-refractivity contribution in [2.75, 3.05) is 26.3 Å². The summed E-state index contributed by atoms with van der Waals surface area (Å²) < 4.78 is 5.25. The number of hydrogen-bond acceptors (Lipinski definition) is 3. The maximum atomic E-state index is 12.4. The summed E-state index contributed by atoms with van der Waals surface area (Å²) in [7, 11) is 0. The third kappa shape index (κ3) is 4.25. The SMILES string of the molecule is C[C@H](NC(=O)c1ccc(-c2ccccc2)cc1)C(=O)N1CCOCC1. The van der Waals surface area contributed by atoms with Crippen LogP contribution in [0.25, 0.3) is 11.1 Å².